The van der Waals surface area contributed by atoms with Gasteiger partial charge in [0.25, 0.3) is 5.91 Å². The smallest absolute Gasteiger partial charge is 0.422 e. The first-order valence-electron chi connectivity index (χ1n) is 8.85. The number of benzene rings is 2. The Bertz CT molecular complexity index is 871. The second kappa shape index (κ2) is 10.1. The van der Waals surface area contributed by atoms with Crippen molar-refractivity contribution in [1.82, 2.24) is 5.32 Å². The molecule has 0 fully saturated rings. The lowest BCUT2D eigenvalue weighted by molar-refractivity contribution is -0.153. The number of ether oxygens (including phenoxy) is 1. The van der Waals surface area contributed by atoms with E-state index >= 15 is 0 Å². The quantitative estimate of drug-likeness (QED) is 0.666. The first-order chi connectivity index (χ1) is 13.9. The van der Waals surface area contributed by atoms with E-state index in [4.69, 9.17) is 0 Å². The number of hydrogen-bond acceptors (Lipinski definition) is 5. The van der Waals surface area contributed by atoms with Crippen LogP contribution in [0.2, 0.25) is 0 Å². The summed E-state index contributed by atoms with van der Waals surface area (Å²) < 4.78 is 42.3. The van der Waals surface area contributed by atoms with Gasteiger partial charge in [0.2, 0.25) is 0 Å². The van der Waals surface area contributed by atoms with Gasteiger partial charge in [0.05, 0.1) is 6.54 Å². The van der Waals surface area contributed by atoms with Crippen molar-refractivity contribution in [2.24, 2.45) is 4.99 Å². The maximum Gasteiger partial charge on any atom is 0.422 e. The van der Waals surface area contributed by atoms with E-state index in [0.717, 1.165) is 27.8 Å². The molecule has 1 aliphatic heterocycles. The Balaban J connectivity index is 1.54. The van der Waals surface area contributed by atoms with Gasteiger partial charge >= 0.3 is 6.18 Å². The van der Waals surface area contributed by atoms with Crippen LogP contribution in [0.3, 0.4) is 0 Å². The minimum atomic E-state index is -4.37. The number of aliphatic imine (C=N–C) groups is 1. The van der Waals surface area contributed by atoms with E-state index in [1.807, 2.05) is 18.2 Å². The summed E-state index contributed by atoms with van der Waals surface area (Å²) in [6.07, 6.45) is -4.37. The predicted octanol–water partition coefficient (Wildman–Crippen LogP) is 4.89. The molecule has 0 atom stereocenters. The molecule has 0 saturated carbocycles. The zero-order valence-corrected chi connectivity index (χ0v) is 17.0. The van der Waals surface area contributed by atoms with Gasteiger partial charge in [0, 0.05) is 23.6 Å². The van der Waals surface area contributed by atoms with Crippen molar-refractivity contribution in [3.63, 3.8) is 0 Å². The third-order valence-corrected chi connectivity index (χ3v) is 6.25. The number of amides is 1. The lowest BCUT2D eigenvalue weighted by Crippen LogP contribution is -2.24. The molecule has 154 valence electrons. The molecule has 1 amide bonds. The van der Waals surface area contributed by atoms with Gasteiger partial charge < -0.3 is 10.1 Å². The number of nitrogens with zero attached hydrogens (tertiary/aromatic N) is 1. The molecule has 1 aliphatic rings. The number of nitrogens with one attached hydrogen (secondary N) is 1. The highest BCUT2D eigenvalue weighted by molar-refractivity contribution is 8.38. The largest absolute Gasteiger partial charge is 0.484 e. The van der Waals surface area contributed by atoms with Crippen molar-refractivity contribution >= 4 is 33.8 Å². The number of rotatable bonds is 7. The molecular formula is C20H19F3N2O2S2. The molecule has 0 bridgehead atoms. The van der Waals surface area contributed by atoms with Gasteiger partial charge in [0.1, 0.15) is 10.1 Å². The Morgan fingerprint density at radius 2 is 1.93 bits per heavy atom. The van der Waals surface area contributed by atoms with Crippen molar-refractivity contribution in [1.29, 1.82) is 0 Å². The molecule has 1 N–H and O–H groups in total. The highest BCUT2D eigenvalue weighted by Crippen LogP contribution is 2.26. The lowest BCUT2D eigenvalue weighted by atomic mass is 10.1. The van der Waals surface area contributed by atoms with Crippen molar-refractivity contribution in [3.05, 3.63) is 65.2 Å². The number of halogens is 3. The first kappa shape index (κ1) is 21.6. The minimum Gasteiger partial charge on any atom is -0.484 e. The van der Waals surface area contributed by atoms with Crippen molar-refractivity contribution in [3.8, 4) is 5.75 Å². The minimum absolute atomic E-state index is 0.132. The fourth-order valence-electron chi connectivity index (χ4n) is 2.56. The van der Waals surface area contributed by atoms with Gasteiger partial charge in [-0.25, -0.2) is 0 Å². The molecule has 0 unspecified atom stereocenters. The van der Waals surface area contributed by atoms with E-state index in [9.17, 15) is 18.0 Å². The molecule has 4 nitrogen and oxygen atoms in total. The summed E-state index contributed by atoms with van der Waals surface area (Å²) in [5, 5.41) is 2.85. The highest BCUT2D eigenvalue weighted by atomic mass is 32.2. The lowest BCUT2D eigenvalue weighted by Gasteiger charge is -2.11. The van der Waals surface area contributed by atoms with E-state index in [0.29, 0.717) is 11.3 Å². The van der Waals surface area contributed by atoms with Crippen LogP contribution in [0.15, 0.2) is 53.5 Å². The third kappa shape index (κ3) is 7.01. The first-order valence-corrected chi connectivity index (χ1v) is 10.8. The van der Waals surface area contributed by atoms with Crippen LogP contribution in [-0.4, -0.2) is 35.4 Å². The van der Waals surface area contributed by atoms with E-state index in [1.54, 1.807) is 41.7 Å². The second-order valence-corrected chi connectivity index (χ2v) is 8.48. The molecule has 29 heavy (non-hydrogen) atoms. The zero-order chi connectivity index (χ0) is 20.7. The van der Waals surface area contributed by atoms with Gasteiger partial charge in [0.15, 0.2) is 6.61 Å². The molecule has 2 aromatic rings. The SMILES string of the molecule is O=C(NCc1ccc(OCC(F)(F)F)cc1)c1ccccc1CSC1=NCCS1. The molecule has 1 heterocycles. The van der Waals surface area contributed by atoms with Crippen LogP contribution in [-0.2, 0) is 12.3 Å². The zero-order valence-electron chi connectivity index (χ0n) is 15.4. The monoisotopic (exact) mass is 440 g/mol. The molecule has 0 radical (unpaired) electrons. The molecule has 0 aliphatic carbocycles. The van der Waals surface area contributed by atoms with Crippen LogP contribution in [0.1, 0.15) is 21.5 Å². The summed E-state index contributed by atoms with van der Waals surface area (Å²) in [4.78, 5) is 17.0. The summed E-state index contributed by atoms with van der Waals surface area (Å²) in [6, 6.07) is 13.6. The van der Waals surface area contributed by atoms with Gasteiger partial charge in [-0.05, 0) is 29.3 Å². The van der Waals surface area contributed by atoms with Gasteiger partial charge in [-0.15, -0.1) is 0 Å². The van der Waals surface area contributed by atoms with Crippen LogP contribution in [0, 0.1) is 0 Å². The molecule has 0 spiro atoms. The molecule has 9 heteroatoms. The fourth-order valence-corrected chi connectivity index (χ4v) is 4.57. The Morgan fingerprint density at radius 1 is 1.17 bits per heavy atom. The summed E-state index contributed by atoms with van der Waals surface area (Å²) >= 11 is 3.36. The van der Waals surface area contributed by atoms with Crippen molar-refractivity contribution in [2.75, 3.05) is 18.9 Å². The molecule has 0 aromatic heterocycles. The van der Waals surface area contributed by atoms with Crippen LogP contribution in [0.5, 0.6) is 5.75 Å². The predicted molar refractivity (Wildman–Crippen MR) is 112 cm³/mol. The van der Waals surface area contributed by atoms with Crippen LogP contribution < -0.4 is 10.1 Å². The average molecular weight is 441 g/mol. The van der Waals surface area contributed by atoms with Crippen LogP contribution in [0.4, 0.5) is 13.2 Å². The molecule has 3 rings (SSSR count). The molecular weight excluding hydrogens is 421 g/mol. The third-order valence-electron chi connectivity index (χ3n) is 3.95. The van der Waals surface area contributed by atoms with Crippen LogP contribution >= 0.6 is 23.5 Å². The van der Waals surface area contributed by atoms with E-state index in [-0.39, 0.29) is 18.2 Å². The van der Waals surface area contributed by atoms with E-state index < -0.39 is 12.8 Å². The molecule has 0 saturated heterocycles. The fraction of sp³-hybridized carbons (Fsp3) is 0.300. The van der Waals surface area contributed by atoms with Gasteiger partial charge in [-0.3, -0.25) is 9.79 Å². The average Bonchev–Trinajstić information content (AvgIpc) is 3.23. The molecule has 2 aromatic carbocycles. The normalized spacial score (nSPS) is 13.8. The number of carbonyl (C=O) groups excluding carboxylic acids is 1. The second-order valence-electron chi connectivity index (χ2n) is 6.17. The summed E-state index contributed by atoms with van der Waals surface area (Å²) in [6.45, 7) is -0.222. The maximum absolute atomic E-state index is 12.6. The van der Waals surface area contributed by atoms with Gasteiger partial charge in [-0.2, -0.15) is 13.2 Å². The Kier molecular flexibility index (Phi) is 7.49. The summed E-state index contributed by atoms with van der Waals surface area (Å²) in [7, 11) is 0. The summed E-state index contributed by atoms with van der Waals surface area (Å²) in [5.41, 5.74) is 2.30. The highest BCUT2D eigenvalue weighted by Gasteiger charge is 2.28. The number of alkyl halides is 3. The standard InChI is InChI=1S/C20H19F3N2O2S2/c21-20(22,23)13-27-16-7-5-14(6-8-16)11-25-18(26)17-4-2-1-3-15(17)12-29-19-24-9-10-28-19/h1-8H,9-13H2,(H,25,26). The van der Waals surface area contributed by atoms with Crippen LogP contribution in [0.25, 0.3) is 0 Å². The summed E-state index contributed by atoms with van der Waals surface area (Å²) in [5.74, 6) is 1.61. The van der Waals surface area contributed by atoms with E-state index in [1.165, 1.54) is 12.1 Å². The van der Waals surface area contributed by atoms with Crippen molar-refractivity contribution in [2.45, 2.75) is 18.5 Å². The number of hydrogen-bond donors (Lipinski definition) is 1. The topological polar surface area (TPSA) is 50.7 Å². The maximum atomic E-state index is 12.6. The Morgan fingerprint density at radius 3 is 2.62 bits per heavy atom. The number of carbonyl (C=O) groups is 1. The van der Waals surface area contributed by atoms with Gasteiger partial charge in [-0.1, -0.05) is 53.9 Å². The Labute approximate surface area is 175 Å². The van der Waals surface area contributed by atoms with E-state index in [2.05, 4.69) is 15.0 Å². The van der Waals surface area contributed by atoms with Crippen molar-refractivity contribution < 1.29 is 22.7 Å². The number of thioether (sulfide) groups is 2. The Hall–Kier alpha value is -2.13.